The first kappa shape index (κ1) is 21.8. The van der Waals surface area contributed by atoms with Crippen LogP contribution in [0.4, 0.5) is 5.82 Å². The Morgan fingerprint density at radius 2 is 1.83 bits per heavy atom. The maximum absolute atomic E-state index is 5.40. The first-order valence-corrected chi connectivity index (χ1v) is 11.0. The highest BCUT2D eigenvalue weighted by Gasteiger charge is 2.16. The molecule has 0 saturated carbocycles. The number of nitrogens with one attached hydrogen (secondary N) is 2. The Labute approximate surface area is 175 Å². The summed E-state index contributed by atoms with van der Waals surface area (Å²) in [6, 6.07) is 4.28. The van der Waals surface area contributed by atoms with E-state index in [2.05, 4.69) is 56.3 Å². The summed E-state index contributed by atoms with van der Waals surface area (Å²) in [4.78, 5) is 16.7. The fraction of sp³-hybridized carbons (Fsp3) is 0.714. The number of rotatable bonds is 8. The number of piperazine rings is 1. The van der Waals surface area contributed by atoms with E-state index in [1.54, 1.807) is 0 Å². The van der Waals surface area contributed by atoms with E-state index in [4.69, 9.17) is 9.73 Å². The van der Waals surface area contributed by atoms with Crippen LogP contribution >= 0.6 is 0 Å². The van der Waals surface area contributed by atoms with Gasteiger partial charge in [-0.15, -0.1) is 0 Å². The standard InChI is InChI=1S/C21H37N7O/c1-3-22-21(23-7-8-27-13-15-29-16-14-27)25-18-19-5-6-20(24-17-19)28-11-9-26(4-2)10-12-28/h5-6,17H,3-4,7-16,18H2,1-2H3,(H2,22,23,25). The third-order valence-electron chi connectivity index (χ3n) is 5.54. The van der Waals surface area contributed by atoms with Gasteiger partial charge in [0.25, 0.3) is 0 Å². The number of ether oxygens (including phenoxy) is 1. The molecule has 2 N–H and O–H groups in total. The number of aliphatic imine (C=N–C) groups is 1. The molecule has 0 aromatic carbocycles. The summed E-state index contributed by atoms with van der Waals surface area (Å²) < 4.78 is 5.40. The van der Waals surface area contributed by atoms with Gasteiger partial charge in [-0.1, -0.05) is 13.0 Å². The summed E-state index contributed by atoms with van der Waals surface area (Å²) in [5.41, 5.74) is 1.13. The summed E-state index contributed by atoms with van der Waals surface area (Å²) in [5, 5.41) is 6.76. The first-order valence-electron chi connectivity index (χ1n) is 11.0. The molecule has 3 rings (SSSR count). The molecule has 0 unspecified atom stereocenters. The molecule has 2 aliphatic heterocycles. The molecule has 3 heterocycles. The van der Waals surface area contributed by atoms with Crippen molar-refractivity contribution >= 4 is 11.8 Å². The van der Waals surface area contributed by atoms with E-state index in [-0.39, 0.29) is 0 Å². The zero-order chi connectivity index (χ0) is 20.3. The molecule has 162 valence electrons. The molecule has 8 nitrogen and oxygen atoms in total. The number of nitrogens with zero attached hydrogens (tertiary/aromatic N) is 5. The van der Waals surface area contributed by atoms with Gasteiger partial charge in [-0.05, 0) is 25.1 Å². The number of likely N-dealkylation sites (N-methyl/N-ethyl adjacent to an activating group) is 1. The molecule has 2 saturated heterocycles. The number of pyridine rings is 1. The molecule has 0 atom stereocenters. The number of guanidine groups is 1. The van der Waals surface area contributed by atoms with Crippen molar-refractivity contribution in [3.8, 4) is 0 Å². The smallest absolute Gasteiger partial charge is 0.191 e. The summed E-state index contributed by atoms with van der Waals surface area (Å²) in [5.74, 6) is 1.93. The summed E-state index contributed by atoms with van der Waals surface area (Å²) >= 11 is 0. The van der Waals surface area contributed by atoms with Gasteiger partial charge >= 0.3 is 0 Å². The fourth-order valence-electron chi connectivity index (χ4n) is 3.66. The molecular weight excluding hydrogens is 366 g/mol. The van der Waals surface area contributed by atoms with Crippen LogP contribution in [0.5, 0.6) is 0 Å². The van der Waals surface area contributed by atoms with E-state index in [0.29, 0.717) is 6.54 Å². The van der Waals surface area contributed by atoms with Crippen molar-refractivity contribution in [3.63, 3.8) is 0 Å². The van der Waals surface area contributed by atoms with Crippen molar-refractivity contribution in [1.82, 2.24) is 25.4 Å². The molecule has 2 fully saturated rings. The van der Waals surface area contributed by atoms with Gasteiger partial charge < -0.3 is 25.2 Å². The Bertz CT molecular complexity index is 608. The highest BCUT2D eigenvalue weighted by molar-refractivity contribution is 5.79. The Morgan fingerprint density at radius 3 is 2.48 bits per heavy atom. The van der Waals surface area contributed by atoms with Gasteiger partial charge in [0.2, 0.25) is 0 Å². The van der Waals surface area contributed by atoms with Crippen LogP contribution in [-0.4, -0.2) is 99.4 Å². The molecule has 2 aliphatic rings. The SMILES string of the molecule is CCNC(=NCc1ccc(N2CCN(CC)CC2)nc1)NCCN1CCOCC1. The van der Waals surface area contributed by atoms with E-state index in [9.17, 15) is 0 Å². The van der Waals surface area contributed by atoms with Crippen molar-refractivity contribution in [2.75, 3.05) is 83.6 Å². The van der Waals surface area contributed by atoms with Crippen LogP contribution < -0.4 is 15.5 Å². The van der Waals surface area contributed by atoms with Crippen molar-refractivity contribution in [2.45, 2.75) is 20.4 Å². The second kappa shape index (κ2) is 11.9. The average Bonchev–Trinajstić information content (AvgIpc) is 2.78. The van der Waals surface area contributed by atoms with Crippen LogP contribution in [0.2, 0.25) is 0 Å². The number of morpholine rings is 1. The van der Waals surface area contributed by atoms with Gasteiger partial charge in [-0.25, -0.2) is 9.98 Å². The number of anilines is 1. The summed E-state index contributed by atoms with van der Waals surface area (Å²) in [7, 11) is 0. The molecule has 1 aromatic rings. The van der Waals surface area contributed by atoms with Crippen LogP contribution in [0.15, 0.2) is 23.3 Å². The predicted molar refractivity (Wildman–Crippen MR) is 119 cm³/mol. The monoisotopic (exact) mass is 403 g/mol. The number of aromatic nitrogens is 1. The van der Waals surface area contributed by atoms with Crippen LogP contribution in [0, 0.1) is 0 Å². The van der Waals surface area contributed by atoms with Crippen LogP contribution in [0.1, 0.15) is 19.4 Å². The minimum absolute atomic E-state index is 0.629. The largest absolute Gasteiger partial charge is 0.379 e. The summed E-state index contributed by atoms with van der Waals surface area (Å²) in [6.45, 7) is 16.9. The molecule has 0 bridgehead atoms. The lowest BCUT2D eigenvalue weighted by Crippen LogP contribution is -2.46. The lowest BCUT2D eigenvalue weighted by Gasteiger charge is -2.34. The molecule has 1 aromatic heterocycles. The van der Waals surface area contributed by atoms with E-state index < -0.39 is 0 Å². The van der Waals surface area contributed by atoms with Crippen molar-refractivity contribution in [3.05, 3.63) is 23.9 Å². The van der Waals surface area contributed by atoms with E-state index in [1.165, 1.54) is 0 Å². The molecule has 0 radical (unpaired) electrons. The molecule has 8 heteroatoms. The van der Waals surface area contributed by atoms with Gasteiger partial charge in [-0.3, -0.25) is 4.90 Å². The third kappa shape index (κ3) is 7.13. The van der Waals surface area contributed by atoms with Gasteiger partial charge in [0.1, 0.15) is 5.82 Å². The van der Waals surface area contributed by atoms with Crippen molar-refractivity contribution < 1.29 is 4.74 Å². The van der Waals surface area contributed by atoms with Gasteiger partial charge in [0, 0.05) is 65.1 Å². The molecule has 0 aliphatic carbocycles. The Hall–Kier alpha value is -1.90. The average molecular weight is 404 g/mol. The molecule has 29 heavy (non-hydrogen) atoms. The number of hydrogen-bond donors (Lipinski definition) is 2. The minimum atomic E-state index is 0.629. The van der Waals surface area contributed by atoms with Crippen LogP contribution in [0.3, 0.4) is 0 Å². The molecule has 0 amide bonds. The van der Waals surface area contributed by atoms with Crippen molar-refractivity contribution in [2.24, 2.45) is 4.99 Å². The van der Waals surface area contributed by atoms with E-state index >= 15 is 0 Å². The minimum Gasteiger partial charge on any atom is -0.379 e. The topological polar surface area (TPSA) is 68.3 Å². The second-order valence-corrected chi connectivity index (χ2v) is 7.52. The zero-order valence-corrected chi connectivity index (χ0v) is 18.1. The van der Waals surface area contributed by atoms with E-state index in [1.807, 2.05) is 6.20 Å². The Balaban J connectivity index is 1.45. The highest BCUT2D eigenvalue weighted by Crippen LogP contribution is 2.14. The first-order chi connectivity index (χ1) is 14.3. The van der Waals surface area contributed by atoms with Crippen LogP contribution in [-0.2, 0) is 11.3 Å². The lowest BCUT2D eigenvalue weighted by atomic mass is 10.2. The second-order valence-electron chi connectivity index (χ2n) is 7.52. The molecular formula is C21H37N7O. The van der Waals surface area contributed by atoms with Gasteiger partial charge in [0.15, 0.2) is 5.96 Å². The quantitative estimate of drug-likeness (QED) is 0.487. The molecule has 0 spiro atoms. The zero-order valence-electron chi connectivity index (χ0n) is 18.1. The lowest BCUT2D eigenvalue weighted by molar-refractivity contribution is 0.0389. The van der Waals surface area contributed by atoms with E-state index in [0.717, 1.165) is 96.0 Å². The predicted octanol–water partition coefficient (Wildman–Crippen LogP) is 0.611. The van der Waals surface area contributed by atoms with Gasteiger partial charge in [0.05, 0.1) is 19.8 Å². The normalized spacial score (nSPS) is 19.4. The van der Waals surface area contributed by atoms with Gasteiger partial charge in [-0.2, -0.15) is 0 Å². The maximum Gasteiger partial charge on any atom is 0.191 e. The Morgan fingerprint density at radius 1 is 1.03 bits per heavy atom. The highest BCUT2D eigenvalue weighted by atomic mass is 16.5. The van der Waals surface area contributed by atoms with Crippen LogP contribution in [0.25, 0.3) is 0 Å². The Kier molecular flexibility index (Phi) is 8.98. The summed E-state index contributed by atoms with van der Waals surface area (Å²) in [6.07, 6.45) is 1.96. The number of hydrogen-bond acceptors (Lipinski definition) is 6. The van der Waals surface area contributed by atoms with Crippen molar-refractivity contribution in [1.29, 1.82) is 0 Å². The third-order valence-corrected chi connectivity index (χ3v) is 5.54. The fourth-order valence-corrected chi connectivity index (χ4v) is 3.66. The maximum atomic E-state index is 5.40.